The molecule has 3 aromatic rings. The number of aromatic nitrogens is 1. The zero-order valence-electron chi connectivity index (χ0n) is 15.0. The molecule has 27 heavy (non-hydrogen) atoms. The lowest BCUT2D eigenvalue weighted by atomic mass is 9.96. The normalized spacial score (nSPS) is 12.9. The molecule has 1 atom stereocenters. The van der Waals surface area contributed by atoms with Gasteiger partial charge in [0.2, 0.25) is 5.60 Å². The van der Waals surface area contributed by atoms with Gasteiger partial charge in [0.1, 0.15) is 17.8 Å². The number of ether oxygens (including phenoxy) is 2. The van der Waals surface area contributed by atoms with Crippen molar-refractivity contribution in [3.8, 4) is 11.5 Å². The maximum atomic E-state index is 11.8. The minimum Gasteiger partial charge on any atom is -0.493 e. The number of oxazole rings is 1. The Morgan fingerprint density at radius 3 is 2.48 bits per heavy atom. The van der Waals surface area contributed by atoms with Crippen molar-refractivity contribution in [3.05, 3.63) is 78.5 Å². The molecule has 1 N–H and O–H groups in total. The van der Waals surface area contributed by atoms with Gasteiger partial charge in [-0.15, -0.1) is 0 Å². The van der Waals surface area contributed by atoms with Gasteiger partial charge in [0.15, 0.2) is 6.39 Å². The monoisotopic (exact) mass is 367 g/mol. The Hall–Kier alpha value is -3.28. The molecule has 0 amide bonds. The molecular weight excluding hydrogens is 346 g/mol. The number of hydrogen-bond acceptors (Lipinski definition) is 5. The molecule has 0 fully saturated rings. The van der Waals surface area contributed by atoms with E-state index in [1.54, 1.807) is 25.3 Å². The van der Waals surface area contributed by atoms with Gasteiger partial charge < -0.3 is 19.0 Å². The summed E-state index contributed by atoms with van der Waals surface area (Å²) in [6.07, 6.45) is 3.86. The SMILES string of the molecule is CC(Cc1ccc(OCCc2cocn2)cc1)(Oc1ccccc1)C(=O)O. The van der Waals surface area contributed by atoms with E-state index in [1.165, 1.54) is 6.39 Å². The molecule has 0 aliphatic rings. The fraction of sp³-hybridized carbons (Fsp3) is 0.238. The van der Waals surface area contributed by atoms with E-state index in [4.69, 9.17) is 13.9 Å². The number of rotatable bonds is 9. The maximum absolute atomic E-state index is 11.8. The molecule has 0 bridgehead atoms. The van der Waals surface area contributed by atoms with Crippen molar-refractivity contribution in [1.82, 2.24) is 4.98 Å². The molecule has 0 aliphatic heterocycles. The fourth-order valence-electron chi connectivity index (χ4n) is 2.63. The van der Waals surface area contributed by atoms with Crippen LogP contribution in [-0.2, 0) is 17.6 Å². The molecule has 0 radical (unpaired) electrons. The molecule has 0 aliphatic carbocycles. The summed E-state index contributed by atoms with van der Waals surface area (Å²) in [6.45, 7) is 2.06. The molecule has 6 heteroatoms. The topological polar surface area (TPSA) is 81.8 Å². The van der Waals surface area contributed by atoms with Gasteiger partial charge in [-0.25, -0.2) is 9.78 Å². The lowest BCUT2D eigenvalue weighted by Gasteiger charge is -2.26. The van der Waals surface area contributed by atoms with Gasteiger partial charge in [0.05, 0.1) is 12.3 Å². The van der Waals surface area contributed by atoms with Crippen LogP contribution in [0.5, 0.6) is 11.5 Å². The zero-order chi connectivity index (χ0) is 19.1. The van der Waals surface area contributed by atoms with Gasteiger partial charge in [-0.2, -0.15) is 0 Å². The average molecular weight is 367 g/mol. The fourth-order valence-corrected chi connectivity index (χ4v) is 2.63. The number of para-hydroxylation sites is 1. The van der Waals surface area contributed by atoms with E-state index in [0.29, 0.717) is 24.5 Å². The van der Waals surface area contributed by atoms with E-state index >= 15 is 0 Å². The summed E-state index contributed by atoms with van der Waals surface area (Å²) in [6, 6.07) is 16.3. The van der Waals surface area contributed by atoms with Gasteiger partial charge in [-0.05, 0) is 36.8 Å². The summed E-state index contributed by atoms with van der Waals surface area (Å²) < 4.78 is 16.4. The smallest absolute Gasteiger partial charge is 0.348 e. The maximum Gasteiger partial charge on any atom is 0.348 e. The summed E-state index contributed by atoms with van der Waals surface area (Å²) in [4.78, 5) is 15.8. The highest BCUT2D eigenvalue weighted by Crippen LogP contribution is 2.24. The molecule has 6 nitrogen and oxygen atoms in total. The molecule has 0 saturated carbocycles. The van der Waals surface area contributed by atoms with E-state index in [2.05, 4.69) is 4.98 Å². The Labute approximate surface area is 157 Å². The highest BCUT2D eigenvalue weighted by atomic mass is 16.5. The van der Waals surface area contributed by atoms with E-state index in [0.717, 1.165) is 11.3 Å². The molecule has 0 saturated heterocycles. The van der Waals surface area contributed by atoms with Crippen LogP contribution in [0, 0.1) is 0 Å². The van der Waals surface area contributed by atoms with Gasteiger partial charge in [-0.1, -0.05) is 30.3 Å². The first kappa shape index (κ1) is 18.5. The van der Waals surface area contributed by atoms with Gasteiger partial charge in [0, 0.05) is 12.8 Å². The molecule has 1 unspecified atom stereocenters. The van der Waals surface area contributed by atoms with Crippen LogP contribution in [0.4, 0.5) is 0 Å². The Morgan fingerprint density at radius 1 is 1.11 bits per heavy atom. The van der Waals surface area contributed by atoms with E-state index in [9.17, 15) is 9.90 Å². The molecule has 1 aromatic heterocycles. The van der Waals surface area contributed by atoms with E-state index in [-0.39, 0.29) is 6.42 Å². The summed E-state index contributed by atoms with van der Waals surface area (Å²) in [5.41, 5.74) is 0.318. The van der Waals surface area contributed by atoms with Crippen molar-refractivity contribution in [1.29, 1.82) is 0 Å². The number of aliphatic carboxylic acids is 1. The third-order valence-electron chi connectivity index (χ3n) is 4.11. The number of hydrogen-bond donors (Lipinski definition) is 1. The van der Waals surface area contributed by atoms with Crippen molar-refractivity contribution in [2.75, 3.05) is 6.61 Å². The van der Waals surface area contributed by atoms with Crippen LogP contribution in [0.1, 0.15) is 18.2 Å². The second kappa shape index (κ2) is 8.40. The largest absolute Gasteiger partial charge is 0.493 e. The van der Waals surface area contributed by atoms with Crippen LogP contribution < -0.4 is 9.47 Å². The number of nitrogens with zero attached hydrogens (tertiary/aromatic N) is 1. The van der Waals surface area contributed by atoms with Gasteiger partial charge in [0.25, 0.3) is 0 Å². The van der Waals surface area contributed by atoms with Crippen LogP contribution in [0.15, 0.2) is 71.7 Å². The third-order valence-corrected chi connectivity index (χ3v) is 4.11. The first-order chi connectivity index (χ1) is 13.0. The second-order valence-corrected chi connectivity index (χ2v) is 6.35. The Balaban J connectivity index is 1.60. The molecule has 2 aromatic carbocycles. The van der Waals surface area contributed by atoms with Crippen molar-refractivity contribution >= 4 is 5.97 Å². The average Bonchev–Trinajstić information content (AvgIpc) is 3.17. The van der Waals surface area contributed by atoms with Gasteiger partial charge in [-0.3, -0.25) is 0 Å². The number of carboxylic acids is 1. The Bertz CT molecular complexity index is 846. The summed E-state index contributed by atoms with van der Waals surface area (Å²) >= 11 is 0. The van der Waals surface area contributed by atoms with Crippen molar-refractivity contribution in [3.63, 3.8) is 0 Å². The number of carboxylic acid groups (broad SMARTS) is 1. The summed E-state index contributed by atoms with van der Waals surface area (Å²) in [7, 11) is 0. The Kier molecular flexibility index (Phi) is 5.76. The van der Waals surface area contributed by atoms with Crippen molar-refractivity contribution in [2.24, 2.45) is 0 Å². The molecule has 140 valence electrons. The zero-order valence-corrected chi connectivity index (χ0v) is 15.0. The highest BCUT2D eigenvalue weighted by Gasteiger charge is 2.36. The van der Waals surface area contributed by atoms with E-state index < -0.39 is 11.6 Å². The van der Waals surface area contributed by atoms with Crippen LogP contribution in [0.2, 0.25) is 0 Å². The van der Waals surface area contributed by atoms with Crippen LogP contribution >= 0.6 is 0 Å². The first-order valence-corrected chi connectivity index (χ1v) is 8.61. The lowest BCUT2D eigenvalue weighted by Crippen LogP contribution is -2.43. The molecule has 3 rings (SSSR count). The first-order valence-electron chi connectivity index (χ1n) is 8.61. The molecular formula is C21H21NO5. The van der Waals surface area contributed by atoms with Gasteiger partial charge >= 0.3 is 5.97 Å². The quantitative estimate of drug-likeness (QED) is 0.620. The lowest BCUT2D eigenvalue weighted by molar-refractivity contribution is -0.153. The van der Waals surface area contributed by atoms with Crippen molar-refractivity contribution in [2.45, 2.75) is 25.4 Å². The number of benzene rings is 2. The second-order valence-electron chi connectivity index (χ2n) is 6.35. The minimum atomic E-state index is -1.36. The van der Waals surface area contributed by atoms with Crippen LogP contribution in [0.3, 0.4) is 0 Å². The molecule has 1 heterocycles. The van der Waals surface area contributed by atoms with Crippen LogP contribution in [0.25, 0.3) is 0 Å². The predicted octanol–water partition coefficient (Wildman–Crippen LogP) is 3.76. The predicted molar refractivity (Wildman–Crippen MR) is 99.0 cm³/mol. The number of carbonyl (C=O) groups is 1. The highest BCUT2D eigenvalue weighted by molar-refractivity contribution is 5.78. The summed E-state index contributed by atoms with van der Waals surface area (Å²) in [5, 5.41) is 9.65. The van der Waals surface area contributed by atoms with Crippen LogP contribution in [-0.4, -0.2) is 28.3 Å². The summed E-state index contributed by atoms with van der Waals surface area (Å²) in [5.74, 6) is 0.220. The third kappa shape index (κ3) is 5.10. The standard InChI is InChI=1S/C21H21NO5/c1-21(20(23)24,27-19-5-3-2-4-6-19)13-16-7-9-18(10-8-16)26-12-11-17-14-25-15-22-17/h2-10,14-15H,11-13H2,1H3,(H,23,24). The Morgan fingerprint density at radius 2 is 1.85 bits per heavy atom. The van der Waals surface area contributed by atoms with E-state index in [1.807, 2.05) is 42.5 Å². The minimum absolute atomic E-state index is 0.233. The molecule has 0 spiro atoms. The van der Waals surface area contributed by atoms with Crippen molar-refractivity contribution < 1.29 is 23.8 Å².